The van der Waals surface area contributed by atoms with Crippen molar-refractivity contribution >= 4 is 15.7 Å². The highest BCUT2D eigenvalue weighted by atomic mass is 32.2. The van der Waals surface area contributed by atoms with Crippen LogP contribution >= 0.6 is 0 Å². The van der Waals surface area contributed by atoms with Gasteiger partial charge in [-0.2, -0.15) is 0 Å². The third kappa shape index (κ3) is 3.61. The first-order chi connectivity index (χ1) is 9.92. The van der Waals surface area contributed by atoms with Gasteiger partial charge in [-0.1, -0.05) is 23.6 Å². The summed E-state index contributed by atoms with van der Waals surface area (Å²) in [5.41, 5.74) is 1.51. The summed E-state index contributed by atoms with van der Waals surface area (Å²) in [7, 11) is -3.77. The number of nitrogens with one attached hydrogen (secondary N) is 1. The third-order valence-electron chi connectivity index (χ3n) is 2.82. The van der Waals surface area contributed by atoms with Gasteiger partial charge in [-0.05, 0) is 44.2 Å². The molecule has 0 aliphatic heterocycles. The van der Waals surface area contributed by atoms with Gasteiger partial charge in [-0.25, -0.2) is 12.8 Å². The van der Waals surface area contributed by atoms with Crippen molar-refractivity contribution in [2.75, 3.05) is 4.72 Å². The van der Waals surface area contributed by atoms with E-state index in [2.05, 4.69) is 16.6 Å². The SMILES string of the molecule is CC#Cc1ccc(F)cc1NS(=O)(=O)c1ccc(C)cc1. The lowest BCUT2D eigenvalue weighted by Gasteiger charge is -2.10. The zero-order chi connectivity index (χ0) is 15.5. The van der Waals surface area contributed by atoms with E-state index in [-0.39, 0.29) is 10.6 Å². The van der Waals surface area contributed by atoms with Crippen molar-refractivity contribution in [1.29, 1.82) is 0 Å². The second kappa shape index (κ2) is 5.98. The monoisotopic (exact) mass is 303 g/mol. The van der Waals surface area contributed by atoms with Crippen molar-refractivity contribution in [3.8, 4) is 11.8 Å². The van der Waals surface area contributed by atoms with Crippen LogP contribution in [-0.2, 0) is 10.0 Å². The first kappa shape index (κ1) is 15.1. The minimum absolute atomic E-state index is 0.118. The predicted molar refractivity (Wildman–Crippen MR) is 80.9 cm³/mol. The lowest BCUT2D eigenvalue weighted by atomic mass is 10.2. The van der Waals surface area contributed by atoms with Gasteiger partial charge in [-0.3, -0.25) is 4.72 Å². The molecule has 0 fully saturated rings. The van der Waals surface area contributed by atoms with Crippen molar-refractivity contribution in [2.24, 2.45) is 0 Å². The summed E-state index contributed by atoms with van der Waals surface area (Å²) < 4.78 is 40.3. The van der Waals surface area contributed by atoms with Crippen molar-refractivity contribution < 1.29 is 12.8 Å². The minimum Gasteiger partial charge on any atom is -0.278 e. The molecule has 5 heteroatoms. The van der Waals surface area contributed by atoms with Crippen LogP contribution in [0.4, 0.5) is 10.1 Å². The van der Waals surface area contributed by atoms with Gasteiger partial charge in [0.25, 0.3) is 10.0 Å². The topological polar surface area (TPSA) is 46.2 Å². The van der Waals surface area contributed by atoms with E-state index in [1.54, 1.807) is 19.1 Å². The van der Waals surface area contributed by atoms with E-state index in [0.717, 1.165) is 11.6 Å². The first-order valence-corrected chi connectivity index (χ1v) is 7.72. The molecule has 0 spiro atoms. The zero-order valence-electron chi connectivity index (χ0n) is 11.6. The highest BCUT2D eigenvalue weighted by molar-refractivity contribution is 7.92. The molecule has 0 bridgehead atoms. The van der Waals surface area contributed by atoms with Crippen LogP contribution in [0.15, 0.2) is 47.4 Å². The van der Waals surface area contributed by atoms with Crippen LogP contribution < -0.4 is 4.72 Å². The van der Waals surface area contributed by atoms with E-state index in [9.17, 15) is 12.8 Å². The molecule has 3 nitrogen and oxygen atoms in total. The van der Waals surface area contributed by atoms with Gasteiger partial charge in [0.15, 0.2) is 0 Å². The van der Waals surface area contributed by atoms with Gasteiger partial charge in [0.2, 0.25) is 0 Å². The van der Waals surface area contributed by atoms with E-state index >= 15 is 0 Å². The molecule has 2 rings (SSSR count). The third-order valence-corrected chi connectivity index (χ3v) is 4.20. The molecular formula is C16H14FNO2S. The summed E-state index contributed by atoms with van der Waals surface area (Å²) in [4.78, 5) is 0.118. The zero-order valence-corrected chi connectivity index (χ0v) is 12.5. The number of rotatable bonds is 3. The van der Waals surface area contributed by atoms with Gasteiger partial charge >= 0.3 is 0 Å². The molecule has 21 heavy (non-hydrogen) atoms. The van der Waals surface area contributed by atoms with E-state index in [0.29, 0.717) is 5.56 Å². The second-order valence-electron chi connectivity index (χ2n) is 4.48. The molecule has 2 aromatic carbocycles. The van der Waals surface area contributed by atoms with Gasteiger partial charge in [0, 0.05) is 5.56 Å². The van der Waals surface area contributed by atoms with E-state index in [1.807, 2.05) is 6.92 Å². The summed E-state index contributed by atoms with van der Waals surface area (Å²) in [5.74, 6) is 4.88. The Balaban J connectivity index is 2.42. The van der Waals surface area contributed by atoms with Crippen LogP contribution in [0.5, 0.6) is 0 Å². The quantitative estimate of drug-likeness (QED) is 0.884. The summed E-state index contributed by atoms with van der Waals surface area (Å²) in [6.07, 6.45) is 0. The molecule has 1 N–H and O–H groups in total. The maximum Gasteiger partial charge on any atom is 0.261 e. The molecule has 0 saturated heterocycles. The Labute approximate surface area is 123 Å². The summed E-state index contributed by atoms with van der Waals surface area (Å²) in [6.45, 7) is 3.49. The molecule has 0 aliphatic carbocycles. The molecule has 0 aromatic heterocycles. The van der Waals surface area contributed by atoms with E-state index in [4.69, 9.17) is 0 Å². The van der Waals surface area contributed by atoms with Crippen LogP contribution in [0.3, 0.4) is 0 Å². The average molecular weight is 303 g/mol. The van der Waals surface area contributed by atoms with Crippen molar-refractivity contribution in [2.45, 2.75) is 18.7 Å². The molecule has 0 radical (unpaired) electrons. The van der Waals surface area contributed by atoms with Crippen LogP contribution in [0.1, 0.15) is 18.1 Å². The molecule has 0 saturated carbocycles. The summed E-state index contributed by atoms with van der Waals surface area (Å²) in [5, 5.41) is 0. The molecule has 0 aliphatic rings. The lowest BCUT2D eigenvalue weighted by molar-refractivity contribution is 0.601. The number of aryl methyl sites for hydroxylation is 1. The lowest BCUT2D eigenvalue weighted by Crippen LogP contribution is -2.14. The highest BCUT2D eigenvalue weighted by Crippen LogP contribution is 2.21. The van der Waals surface area contributed by atoms with Gasteiger partial charge in [0.1, 0.15) is 5.82 Å². The molecule has 108 valence electrons. The number of benzene rings is 2. The Morgan fingerprint density at radius 1 is 1.10 bits per heavy atom. The normalized spacial score (nSPS) is 10.6. The number of hydrogen-bond donors (Lipinski definition) is 1. The Hall–Kier alpha value is -2.32. The Kier molecular flexibility index (Phi) is 4.29. The summed E-state index contributed by atoms with van der Waals surface area (Å²) in [6, 6.07) is 10.2. The maximum absolute atomic E-state index is 13.3. The molecule has 0 heterocycles. The Morgan fingerprint density at radius 3 is 2.38 bits per heavy atom. The number of hydrogen-bond acceptors (Lipinski definition) is 2. The van der Waals surface area contributed by atoms with Gasteiger partial charge in [0.05, 0.1) is 10.6 Å². The molecular weight excluding hydrogens is 289 g/mol. The van der Waals surface area contributed by atoms with Gasteiger partial charge < -0.3 is 0 Å². The fraction of sp³-hybridized carbons (Fsp3) is 0.125. The van der Waals surface area contributed by atoms with Crippen LogP contribution in [0.25, 0.3) is 0 Å². The Morgan fingerprint density at radius 2 is 1.76 bits per heavy atom. The predicted octanol–water partition coefficient (Wildman–Crippen LogP) is 3.31. The number of halogens is 1. The number of anilines is 1. The van der Waals surface area contributed by atoms with Crippen LogP contribution in [0, 0.1) is 24.6 Å². The van der Waals surface area contributed by atoms with Crippen molar-refractivity contribution in [3.05, 3.63) is 59.4 Å². The van der Waals surface area contributed by atoms with Crippen LogP contribution in [-0.4, -0.2) is 8.42 Å². The minimum atomic E-state index is -3.77. The van der Waals surface area contributed by atoms with Crippen LogP contribution in [0.2, 0.25) is 0 Å². The fourth-order valence-corrected chi connectivity index (χ4v) is 2.84. The fourth-order valence-electron chi connectivity index (χ4n) is 1.77. The van der Waals surface area contributed by atoms with Crippen molar-refractivity contribution in [1.82, 2.24) is 0 Å². The van der Waals surface area contributed by atoms with Gasteiger partial charge in [-0.15, -0.1) is 5.92 Å². The molecule has 0 amide bonds. The largest absolute Gasteiger partial charge is 0.278 e. The Bertz CT molecular complexity index is 816. The molecule has 0 unspecified atom stereocenters. The van der Waals surface area contributed by atoms with E-state index in [1.165, 1.54) is 24.3 Å². The maximum atomic E-state index is 13.3. The standard InChI is InChI=1S/C16H14FNO2S/c1-3-4-13-7-8-14(17)11-16(13)18-21(19,20)15-9-5-12(2)6-10-15/h5-11,18H,1-2H3. The second-order valence-corrected chi connectivity index (χ2v) is 6.17. The van der Waals surface area contributed by atoms with E-state index < -0.39 is 15.8 Å². The van der Waals surface area contributed by atoms with Crippen molar-refractivity contribution in [3.63, 3.8) is 0 Å². The number of sulfonamides is 1. The first-order valence-electron chi connectivity index (χ1n) is 6.24. The molecule has 2 aromatic rings. The highest BCUT2D eigenvalue weighted by Gasteiger charge is 2.16. The smallest absolute Gasteiger partial charge is 0.261 e. The summed E-state index contributed by atoms with van der Waals surface area (Å²) >= 11 is 0. The molecule has 0 atom stereocenters. The average Bonchev–Trinajstić information content (AvgIpc) is 2.42.